The summed E-state index contributed by atoms with van der Waals surface area (Å²) in [5.41, 5.74) is 10.00. The average molecular weight is 863 g/mol. The second-order valence-electron chi connectivity index (χ2n) is 18.1. The normalized spacial score (nSPS) is 21.7. The zero-order valence-electron chi connectivity index (χ0n) is 37.3. The van der Waals surface area contributed by atoms with Gasteiger partial charge in [-0.25, -0.2) is 9.59 Å². The smallest absolute Gasteiger partial charge is 0.408 e. The van der Waals surface area contributed by atoms with Gasteiger partial charge in [0.1, 0.15) is 19.3 Å². The molecule has 64 heavy (non-hydrogen) atoms. The van der Waals surface area contributed by atoms with Crippen LogP contribution in [-0.4, -0.2) is 58.4 Å². The fourth-order valence-corrected chi connectivity index (χ4v) is 10.2. The lowest BCUT2D eigenvalue weighted by Gasteiger charge is -2.35. The summed E-state index contributed by atoms with van der Waals surface area (Å²) in [5, 5.41) is 7.01. The van der Waals surface area contributed by atoms with Gasteiger partial charge in [0.05, 0.1) is 6.04 Å². The summed E-state index contributed by atoms with van der Waals surface area (Å²) < 4.78 is 11.1. The highest BCUT2D eigenvalue weighted by molar-refractivity contribution is 6.01. The molecule has 5 aromatic rings. The van der Waals surface area contributed by atoms with Gasteiger partial charge in [-0.05, 0) is 96.4 Å². The fraction of sp³-hybridized carbons (Fsp3) is 0.407. The highest BCUT2D eigenvalue weighted by Crippen LogP contribution is 2.43. The number of Topliss-reactive ketones (excluding diaryl/α,β-unsaturated/α-hetero) is 1. The highest BCUT2D eigenvalue weighted by Gasteiger charge is 2.36. The SMILES string of the molecule is C[C@@H]1CCCC[C@H](NC(=O)OCc2ccccc2)C(=O)C1CCc1c(C2=C(CCN3C(=O)[C@@H](NC(=O)OCc4ccccc4)CCCC[C@H]3C)c3ccccc3C2)[nH]c2ccccc12. The van der Waals surface area contributed by atoms with Crippen LogP contribution in [0.25, 0.3) is 22.0 Å². The predicted molar refractivity (Wildman–Crippen MR) is 251 cm³/mol. The Morgan fingerprint density at radius 2 is 1.28 bits per heavy atom. The minimum absolute atomic E-state index is 0.00843. The van der Waals surface area contributed by atoms with E-state index in [0.717, 1.165) is 72.7 Å². The number of carbonyl (C=O) groups is 4. The Morgan fingerprint density at radius 3 is 2.00 bits per heavy atom. The van der Waals surface area contributed by atoms with Crippen molar-refractivity contribution in [1.29, 1.82) is 0 Å². The molecule has 1 unspecified atom stereocenters. The quantitative estimate of drug-likeness (QED) is 0.108. The number of alkyl carbamates (subject to hydrolysis) is 2. The number of nitrogens with zero attached hydrogens (tertiary/aromatic N) is 1. The molecule has 1 aliphatic heterocycles. The Kier molecular flexibility index (Phi) is 14.6. The van der Waals surface area contributed by atoms with E-state index in [9.17, 15) is 19.2 Å². The number of ether oxygens (including phenoxy) is 2. The van der Waals surface area contributed by atoms with E-state index in [1.165, 1.54) is 27.8 Å². The summed E-state index contributed by atoms with van der Waals surface area (Å²) >= 11 is 0. The van der Waals surface area contributed by atoms with Gasteiger partial charge in [0.15, 0.2) is 5.78 Å². The van der Waals surface area contributed by atoms with E-state index >= 15 is 0 Å². The Morgan fingerprint density at radius 1 is 0.688 bits per heavy atom. The van der Waals surface area contributed by atoms with Crippen LogP contribution in [0.1, 0.15) is 112 Å². The lowest BCUT2D eigenvalue weighted by atomic mass is 9.77. The van der Waals surface area contributed by atoms with Gasteiger partial charge in [0.25, 0.3) is 0 Å². The number of carbonyl (C=O) groups excluding carboxylic acids is 4. The number of aromatic nitrogens is 1. The fourth-order valence-electron chi connectivity index (χ4n) is 10.2. The first-order valence-electron chi connectivity index (χ1n) is 23.4. The monoisotopic (exact) mass is 862 g/mol. The molecule has 2 fully saturated rings. The van der Waals surface area contributed by atoms with Crippen LogP contribution in [0.15, 0.2) is 109 Å². The van der Waals surface area contributed by atoms with Crippen molar-refractivity contribution in [3.63, 3.8) is 0 Å². The first-order chi connectivity index (χ1) is 31.2. The molecule has 3 N–H and O–H groups in total. The van der Waals surface area contributed by atoms with Crippen LogP contribution in [-0.2, 0) is 45.1 Å². The zero-order chi connectivity index (χ0) is 44.4. The van der Waals surface area contributed by atoms with Crippen molar-refractivity contribution in [2.24, 2.45) is 11.8 Å². The summed E-state index contributed by atoms with van der Waals surface area (Å²) in [6.07, 6.45) is 8.32. The van der Waals surface area contributed by atoms with Crippen molar-refractivity contribution in [3.8, 4) is 0 Å². The number of H-pyrrole nitrogens is 1. The molecular weight excluding hydrogens is 801 g/mol. The third kappa shape index (κ3) is 10.6. The molecule has 2 aliphatic carbocycles. The topological polar surface area (TPSA) is 130 Å². The number of allylic oxidation sites excluding steroid dienone is 1. The molecule has 4 aromatic carbocycles. The third-order valence-corrected chi connectivity index (χ3v) is 13.8. The van der Waals surface area contributed by atoms with Crippen molar-refractivity contribution < 1.29 is 28.7 Å². The van der Waals surface area contributed by atoms with E-state index in [-0.39, 0.29) is 42.8 Å². The molecule has 0 spiro atoms. The standard InChI is InChI=1S/C54H62N4O6/c1-36-17-9-14-27-48(56-53(61)63-34-38-19-5-3-6-20-38)51(59)41(36)29-30-45-44-25-13-16-26-47(44)55-50(45)46-33-40-23-11-12-24-42(40)43(46)31-32-58-37(2)18-10-15-28-49(52(58)60)57-54(62)64-35-39-21-7-4-8-22-39/h3-8,11-13,16,19-26,36-37,41,48-49,55H,9-10,14-15,17-18,27-35H2,1-2H3,(H,56,61)(H,57,62)/t36-,37-,41?,48+,49+/m1/s1. The molecule has 0 bridgehead atoms. The molecule has 1 aromatic heterocycles. The molecule has 10 heteroatoms. The van der Waals surface area contributed by atoms with E-state index in [4.69, 9.17) is 9.47 Å². The first kappa shape index (κ1) is 44.4. The lowest BCUT2D eigenvalue weighted by Crippen LogP contribution is -2.52. The molecule has 3 aliphatic rings. The number of hydrogen-bond donors (Lipinski definition) is 3. The highest BCUT2D eigenvalue weighted by atomic mass is 16.6. The number of aromatic amines is 1. The van der Waals surface area contributed by atoms with Gasteiger partial charge in [0, 0.05) is 41.5 Å². The molecular formula is C54H62N4O6. The van der Waals surface area contributed by atoms with E-state index in [2.05, 4.69) is 78.0 Å². The Bertz CT molecular complexity index is 2440. The summed E-state index contributed by atoms with van der Waals surface area (Å²) in [7, 11) is 0. The second kappa shape index (κ2) is 21.0. The van der Waals surface area contributed by atoms with Gasteiger partial charge in [-0.1, -0.05) is 142 Å². The van der Waals surface area contributed by atoms with Gasteiger partial charge in [0.2, 0.25) is 5.91 Å². The summed E-state index contributed by atoms with van der Waals surface area (Å²) in [6, 6.07) is 34.8. The molecule has 8 rings (SSSR count). The number of amides is 3. The summed E-state index contributed by atoms with van der Waals surface area (Å²) in [4.78, 5) is 60.7. The Balaban J connectivity index is 1.02. The molecule has 1 saturated heterocycles. The number of benzene rings is 4. The Hall–Kier alpha value is -6.16. The number of hydrogen-bond acceptors (Lipinski definition) is 6. The largest absolute Gasteiger partial charge is 0.445 e. The van der Waals surface area contributed by atoms with Crippen molar-refractivity contribution in [2.45, 2.75) is 122 Å². The van der Waals surface area contributed by atoms with Crippen LogP contribution < -0.4 is 10.6 Å². The minimum Gasteiger partial charge on any atom is -0.445 e. The lowest BCUT2D eigenvalue weighted by molar-refractivity contribution is -0.136. The van der Waals surface area contributed by atoms with Gasteiger partial charge < -0.3 is 30.0 Å². The first-order valence-corrected chi connectivity index (χ1v) is 23.4. The second-order valence-corrected chi connectivity index (χ2v) is 18.1. The molecule has 5 atom stereocenters. The van der Waals surface area contributed by atoms with Crippen LogP contribution in [0.5, 0.6) is 0 Å². The predicted octanol–water partition coefficient (Wildman–Crippen LogP) is 10.7. The number of ketones is 1. The van der Waals surface area contributed by atoms with Crippen molar-refractivity contribution in [2.75, 3.05) is 6.54 Å². The molecule has 3 amide bonds. The van der Waals surface area contributed by atoms with Gasteiger partial charge in [-0.2, -0.15) is 0 Å². The van der Waals surface area contributed by atoms with E-state index in [1.54, 1.807) is 0 Å². The maximum atomic E-state index is 14.4. The summed E-state index contributed by atoms with van der Waals surface area (Å²) in [5.74, 6) is -0.0493. The molecule has 334 valence electrons. The van der Waals surface area contributed by atoms with Gasteiger partial charge in [-0.15, -0.1) is 0 Å². The van der Waals surface area contributed by atoms with Crippen LogP contribution in [0, 0.1) is 11.8 Å². The molecule has 1 saturated carbocycles. The zero-order valence-corrected chi connectivity index (χ0v) is 37.3. The minimum atomic E-state index is -0.663. The van der Waals surface area contributed by atoms with Crippen LogP contribution >= 0.6 is 0 Å². The van der Waals surface area contributed by atoms with Crippen molar-refractivity contribution in [3.05, 3.63) is 143 Å². The number of para-hydroxylation sites is 1. The van der Waals surface area contributed by atoms with Crippen molar-refractivity contribution >= 4 is 45.9 Å². The van der Waals surface area contributed by atoms with Crippen LogP contribution in [0.2, 0.25) is 0 Å². The number of aryl methyl sites for hydroxylation is 1. The van der Waals surface area contributed by atoms with Gasteiger partial charge in [-0.3, -0.25) is 9.59 Å². The molecule has 2 heterocycles. The molecule has 0 radical (unpaired) electrons. The third-order valence-electron chi connectivity index (χ3n) is 13.8. The van der Waals surface area contributed by atoms with Crippen LogP contribution in [0.3, 0.4) is 0 Å². The number of rotatable bonds is 13. The number of fused-ring (bicyclic) bond motifs is 2. The average Bonchev–Trinajstić information content (AvgIpc) is 3.87. The maximum absolute atomic E-state index is 14.4. The van der Waals surface area contributed by atoms with Gasteiger partial charge >= 0.3 is 12.2 Å². The number of likely N-dealkylation sites (tertiary alicyclic amines) is 1. The maximum Gasteiger partial charge on any atom is 0.408 e. The summed E-state index contributed by atoms with van der Waals surface area (Å²) in [6.45, 7) is 5.10. The van der Waals surface area contributed by atoms with Crippen molar-refractivity contribution in [1.82, 2.24) is 20.5 Å². The Labute approximate surface area is 377 Å². The van der Waals surface area contributed by atoms with E-state index in [0.29, 0.717) is 38.6 Å². The van der Waals surface area contributed by atoms with Crippen LogP contribution in [0.4, 0.5) is 9.59 Å². The molecule has 10 nitrogen and oxygen atoms in total. The number of nitrogens with one attached hydrogen (secondary N) is 3. The van der Waals surface area contributed by atoms with E-state index < -0.39 is 24.3 Å². The van der Waals surface area contributed by atoms with E-state index in [1.807, 2.05) is 65.6 Å².